The van der Waals surface area contributed by atoms with E-state index in [1.165, 1.54) is 4.90 Å². The normalized spacial score (nSPS) is 22.4. The van der Waals surface area contributed by atoms with Crippen molar-refractivity contribution in [2.45, 2.75) is 123 Å². The summed E-state index contributed by atoms with van der Waals surface area (Å²) in [5.41, 5.74) is -1.72. The number of nitrogens with one attached hydrogen (secondary N) is 5. The summed E-state index contributed by atoms with van der Waals surface area (Å²) in [7, 11) is 0. The number of rotatable bonds is 9. The van der Waals surface area contributed by atoms with Gasteiger partial charge < -0.3 is 45.9 Å². The standard InChI is InChI=1S/C38H60N8O7/c1-35(2,3)52-33(50)40-28-14-10-26(11-15-28)24-39-25-27-12-16-29(17-13-27)46-19-18-38(9,42-32(46)49)41-31(48)45-22-20-44(21-23-45)30(47)37(7,8)43-34(51)53-36(4,5)6/h12-13,16-19,26,28,39H,10-11,14-15,20-25H2,1-9H3,(H,40,50)(H,41,48)(H,42,49)(H,43,51). The van der Waals surface area contributed by atoms with Gasteiger partial charge in [-0.25, -0.2) is 19.2 Å². The van der Waals surface area contributed by atoms with Gasteiger partial charge in [-0.1, -0.05) is 12.1 Å². The van der Waals surface area contributed by atoms with Crippen LogP contribution in [0.4, 0.5) is 24.9 Å². The lowest BCUT2D eigenvalue weighted by Crippen LogP contribution is -2.66. The molecule has 1 saturated carbocycles. The average Bonchev–Trinajstić information content (AvgIpc) is 3.03. The molecule has 15 heteroatoms. The first kappa shape index (κ1) is 41.2. The molecule has 1 saturated heterocycles. The molecular formula is C38H60N8O7. The Morgan fingerprint density at radius 3 is 1.96 bits per heavy atom. The quantitative estimate of drug-likeness (QED) is 0.241. The average molecular weight is 741 g/mol. The number of benzene rings is 1. The van der Waals surface area contributed by atoms with E-state index in [2.05, 4.69) is 26.6 Å². The lowest BCUT2D eigenvalue weighted by molar-refractivity contribution is -0.138. The molecule has 4 rings (SSSR count). The maximum atomic E-state index is 13.2. The van der Waals surface area contributed by atoms with Crippen LogP contribution in [0.1, 0.15) is 93.6 Å². The summed E-state index contributed by atoms with van der Waals surface area (Å²) in [6, 6.07) is 7.15. The van der Waals surface area contributed by atoms with Crippen molar-refractivity contribution in [1.29, 1.82) is 0 Å². The van der Waals surface area contributed by atoms with Gasteiger partial charge in [0.15, 0.2) is 0 Å². The molecule has 53 heavy (non-hydrogen) atoms. The van der Waals surface area contributed by atoms with E-state index in [0.717, 1.165) is 37.8 Å². The summed E-state index contributed by atoms with van der Waals surface area (Å²) in [4.78, 5) is 68.6. The van der Waals surface area contributed by atoms with Crippen LogP contribution in [0.25, 0.3) is 0 Å². The van der Waals surface area contributed by atoms with E-state index < -0.39 is 28.5 Å². The zero-order valence-corrected chi connectivity index (χ0v) is 32.9. The summed E-state index contributed by atoms with van der Waals surface area (Å²) in [5, 5.41) is 15.0. The number of urea groups is 2. The maximum Gasteiger partial charge on any atom is 0.408 e. The van der Waals surface area contributed by atoms with Crippen LogP contribution < -0.4 is 31.5 Å². The topological polar surface area (TPSA) is 174 Å². The van der Waals surface area contributed by atoms with Crippen molar-refractivity contribution in [1.82, 2.24) is 36.4 Å². The Hall–Kier alpha value is -4.53. The molecule has 1 aromatic carbocycles. The molecule has 7 amide bonds. The predicted octanol–water partition coefficient (Wildman–Crippen LogP) is 4.78. The van der Waals surface area contributed by atoms with Gasteiger partial charge in [0.25, 0.3) is 0 Å². The van der Waals surface area contributed by atoms with E-state index in [-0.39, 0.29) is 43.2 Å². The maximum absolute atomic E-state index is 13.2. The van der Waals surface area contributed by atoms with E-state index in [1.807, 2.05) is 45.0 Å². The molecule has 2 aliphatic heterocycles. The van der Waals surface area contributed by atoms with Crippen molar-refractivity contribution in [3.63, 3.8) is 0 Å². The van der Waals surface area contributed by atoms with Crippen molar-refractivity contribution in [2.24, 2.45) is 5.92 Å². The number of alkyl carbamates (subject to hydrolysis) is 2. The van der Waals surface area contributed by atoms with Crippen LogP contribution in [0, 0.1) is 5.92 Å². The third-order valence-corrected chi connectivity index (χ3v) is 9.26. The van der Waals surface area contributed by atoms with Crippen LogP contribution in [0.3, 0.4) is 0 Å². The number of hydrogen-bond donors (Lipinski definition) is 5. The molecule has 2 heterocycles. The Kier molecular flexibility index (Phi) is 13.0. The highest BCUT2D eigenvalue weighted by Gasteiger charge is 2.38. The molecule has 294 valence electrons. The molecule has 2 fully saturated rings. The number of amides is 7. The van der Waals surface area contributed by atoms with Gasteiger partial charge in [0.2, 0.25) is 5.91 Å². The van der Waals surface area contributed by atoms with E-state index >= 15 is 0 Å². The summed E-state index contributed by atoms with van der Waals surface area (Å²) < 4.78 is 10.7. The fourth-order valence-electron chi connectivity index (χ4n) is 6.49. The molecule has 0 radical (unpaired) electrons. The van der Waals surface area contributed by atoms with Crippen molar-refractivity contribution in [2.75, 3.05) is 37.6 Å². The second-order valence-electron chi connectivity index (χ2n) is 16.9. The minimum atomic E-state index is -1.19. The first-order chi connectivity index (χ1) is 24.6. The van der Waals surface area contributed by atoms with Gasteiger partial charge >= 0.3 is 24.2 Å². The molecule has 0 aromatic heterocycles. The second-order valence-corrected chi connectivity index (χ2v) is 16.9. The lowest BCUT2D eigenvalue weighted by Gasteiger charge is -2.41. The second kappa shape index (κ2) is 16.6. The fourth-order valence-corrected chi connectivity index (χ4v) is 6.49. The summed E-state index contributed by atoms with van der Waals surface area (Å²) in [6.07, 6.45) is 6.29. The zero-order chi connectivity index (χ0) is 39.2. The van der Waals surface area contributed by atoms with Gasteiger partial charge in [0, 0.05) is 45.0 Å². The molecule has 3 aliphatic rings. The van der Waals surface area contributed by atoms with Crippen LogP contribution in [-0.4, -0.2) is 101 Å². The van der Waals surface area contributed by atoms with Gasteiger partial charge in [-0.05, 0) is 124 Å². The number of ether oxygens (including phenoxy) is 2. The number of anilines is 1. The Balaban J connectivity index is 1.19. The number of carbonyl (C=O) groups excluding carboxylic acids is 5. The Labute approximate surface area is 313 Å². The van der Waals surface area contributed by atoms with E-state index in [1.54, 1.807) is 63.6 Å². The zero-order valence-electron chi connectivity index (χ0n) is 32.9. The van der Waals surface area contributed by atoms with Crippen LogP contribution in [0.2, 0.25) is 0 Å². The highest BCUT2D eigenvalue weighted by molar-refractivity contribution is 5.96. The van der Waals surface area contributed by atoms with E-state index in [9.17, 15) is 24.0 Å². The number of nitrogens with zero attached hydrogens (tertiary/aromatic N) is 3. The minimum absolute atomic E-state index is 0.153. The molecule has 1 atom stereocenters. The van der Waals surface area contributed by atoms with Crippen molar-refractivity contribution in [3.05, 3.63) is 42.1 Å². The molecule has 1 unspecified atom stereocenters. The van der Waals surface area contributed by atoms with Crippen LogP contribution in [0.15, 0.2) is 36.5 Å². The monoisotopic (exact) mass is 740 g/mol. The molecule has 1 aliphatic carbocycles. The van der Waals surface area contributed by atoms with Crippen molar-refractivity contribution in [3.8, 4) is 0 Å². The van der Waals surface area contributed by atoms with Crippen molar-refractivity contribution >= 4 is 35.8 Å². The molecule has 1 aromatic rings. The third-order valence-electron chi connectivity index (χ3n) is 9.26. The Morgan fingerprint density at radius 1 is 0.830 bits per heavy atom. The first-order valence-corrected chi connectivity index (χ1v) is 18.6. The van der Waals surface area contributed by atoms with Gasteiger partial charge in [0.1, 0.15) is 22.4 Å². The lowest BCUT2D eigenvalue weighted by atomic mass is 9.86. The molecule has 0 spiro atoms. The summed E-state index contributed by atoms with van der Waals surface area (Å²) in [5.74, 6) is 0.274. The Bertz CT molecular complexity index is 1500. The summed E-state index contributed by atoms with van der Waals surface area (Å²) in [6.45, 7) is 18.5. The summed E-state index contributed by atoms with van der Waals surface area (Å²) >= 11 is 0. The molecule has 15 nitrogen and oxygen atoms in total. The van der Waals surface area contributed by atoms with E-state index in [0.29, 0.717) is 31.2 Å². The number of carbonyl (C=O) groups is 5. The van der Waals surface area contributed by atoms with Gasteiger partial charge in [0.05, 0.1) is 5.69 Å². The smallest absolute Gasteiger partial charge is 0.408 e. The van der Waals surface area contributed by atoms with Crippen LogP contribution in [0.5, 0.6) is 0 Å². The van der Waals surface area contributed by atoms with Crippen molar-refractivity contribution < 1.29 is 33.4 Å². The van der Waals surface area contributed by atoms with Gasteiger partial charge in [-0.3, -0.25) is 9.69 Å². The largest absolute Gasteiger partial charge is 0.444 e. The third kappa shape index (κ3) is 12.5. The SMILES string of the molecule is CC1(NC(=O)N2CCN(C(=O)C(C)(C)NC(=O)OC(C)(C)C)CC2)C=CN(c2ccc(CNCC3CCC(NC(=O)OC(C)(C)C)CC3)cc2)C(=O)N1. The van der Waals surface area contributed by atoms with E-state index in [4.69, 9.17) is 9.47 Å². The van der Waals surface area contributed by atoms with Gasteiger partial charge in [-0.2, -0.15) is 0 Å². The molecular weight excluding hydrogens is 680 g/mol. The molecule has 5 N–H and O–H groups in total. The van der Waals surface area contributed by atoms with Crippen LogP contribution >= 0.6 is 0 Å². The predicted molar refractivity (Wildman–Crippen MR) is 202 cm³/mol. The number of hydrogen-bond acceptors (Lipinski definition) is 8. The number of piperazine rings is 1. The highest BCUT2D eigenvalue weighted by atomic mass is 16.6. The minimum Gasteiger partial charge on any atom is -0.444 e. The highest BCUT2D eigenvalue weighted by Crippen LogP contribution is 2.25. The Morgan fingerprint density at radius 2 is 1.40 bits per heavy atom. The van der Waals surface area contributed by atoms with Crippen LogP contribution in [-0.2, 0) is 20.8 Å². The molecule has 0 bridgehead atoms. The fraction of sp³-hybridized carbons (Fsp3) is 0.658. The first-order valence-electron chi connectivity index (χ1n) is 18.6. The van der Waals surface area contributed by atoms with Gasteiger partial charge in [-0.15, -0.1) is 0 Å².